The summed E-state index contributed by atoms with van der Waals surface area (Å²) in [4.78, 5) is 47.4. The van der Waals surface area contributed by atoms with Gasteiger partial charge in [-0.15, -0.1) is 0 Å². The second kappa shape index (κ2) is 11.2. The lowest BCUT2D eigenvalue weighted by atomic mass is 10.1. The summed E-state index contributed by atoms with van der Waals surface area (Å²) in [5.41, 5.74) is 2.11. The summed E-state index contributed by atoms with van der Waals surface area (Å²) < 4.78 is 5.36. The Bertz CT molecular complexity index is 1360. The van der Waals surface area contributed by atoms with Gasteiger partial charge in [-0.05, 0) is 43.3 Å². The number of nitro benzene ring substituents is 1. The van der Waals surface area contributed by atoms with Crippen LogP contribution >= 0.6 is 23.2 Å². The Balaban J connectivity index is 1.74. The van der Waals surface area contributed by atoms with Crippen LogP contribution in [0.2, 0.25) is 10.0 Å². The first kappa shape index (κ1) is 25.3. The van der Waals surface area contributed by atoms with Crippen molar-refractivity contribution in [2.75, 3.05) is 5.32 Å². The lowest BCUT2D eigenvalue weighted by Crippen LogP contribution is -2.33. The zero-order valence-electron chi connectivity index (χ0n) is 18.0. The minimum atomic E-state index is -1.09. The monoisotopic (exact) mass is 514 g/mol. The fourth-order valence-electron chi connectivity index (χ4n) is 2.83. The van der Waals surface area contributed by atoms with Gasteiger partial charge in [-0.25, -0.2) is 10.2 Å². The number of amides is 2. The van der Waals surface area contributed by atoms with Gasteiger partial charge in [-0.2, -0.15) is 5.10 Å². The maximum Gasteiger partial charge on any atom is 0.350 e. The van der Waals surface area contributed by atoms with Crippen LogP contribution in [-0.4, -0.2) is 28.4 Å². The molecular weight excluding hydrogens is 499 g/mol. The molecule has 3 rings (SSSR count). The second-order valence-electron chi connectivity index (χ2n) is 6.88. The first-order valence-corrected chi connectivity index (χ1v) is 10.6. The number of hydrogen-bond acceptors (Lipinski definition) is 7. The van der Waals surface area contributed by atoms with E-state index < -0.39 is 28.4 Å². The molecule has 35 heavy (non-hydrogen) atoms. The number of anilines is 1. The SMILES string of the molecule is C/C(=N\NC(=O)C(=O)Nc1cc(Cl)ccc1Cl)c1ccccc1OC(=O)c1ccccc1[N+](=O)[O-]. The first-order chi connectivity index (χ1) is 16.7. The Morgan fingerprint density at radius 3 is 2.31 bits per heavy atom. The summed E-state index contributed by atoms with van der Waals surface area (Å²) in [5, 5.41) is 17.9. The standard InChI is InChI=1S/C23H16Cl2N4O6/c1-13(27-28-22(31)21(30)26-18-12-14(24)10-11-17(18)25)15-6-3-5-9-20(15)35-23(32)16-7-2-4-8-19(16)29(33)34/h2-12H,1H3,(H,26,30)(H,28,31)/b27-13+. The highest BCUT2D eigenvalue weighted by Crippen LogP contribution is 2.26. The molecule has 0 saturated carbocycles. The molecular formula is C23H16Cl2N4O6. The van der Waals surface area contributed by atoms with E-state index in [0.29, 0.717) is 10.6 Å². The molecule has 0 aliphatic rings. The molecule has 2 amide bonds. The Hall–Kier alpha value is -4.28. The summed E-state index contributed by atoms with van der Waals surface area (Å²) in [5.74, 6) is -3.03. The predicted molar refractivity (Wildman–Crippen MR) is 130 cm³/mol. The smallest absolute Gasteiger partial charge is 0.350 e. The van der Waals surface area contributed by atoms with Crippen molar-refractivity contribution in [3.63, 3.8) is 0 Å². The van der Waals surface area contributed by atoms with Crippen LogP contribution < -0.4 is 15.5 Å². The summed E-state index contributed by atoms with van der Waals surface area (Å²) in [6.07, 6.45) is 0. The van der Waals surface area contributed by atoms with Crippen LogP contribution in [0.25, 0.3) is 0 Å². The average Bonchev–Trinajstić information content (AvgIpc) is 2.84. The maximum atomic E-state index is 12.6. The molecule has 3 aromatic carbocycles. The lowest BCUT2D eigenvalue weighted by molar-refractivity contribution is -0.385. The number of hydrogen-bond donors (Lipinski definition) is 2. The second-order valence-corrected chi connectivity index (χ2v) is 7.72. The molecule has 3 aromatic rings. The predicted octanol–water partition coefficient (Wildman–Crippen LogP) is 4.60. The largest absolute Gasteiger partial charge is 0.422 e. The number of carbonyl (C=O) groups excluding carboxylic acids is 3. The van der Waals surface area contributed by atoms with Gasteiger partial charge in [0.1, 0.15) is 11.3 Å². The van der Waals surface area contributed by atoms with E-state index in [1.165, 1.54) is 55.5 Å². The Morgan fingerprint density at radius 1 is 0.943 bits per heavy atom. The molecule has 178 valence electrons. The van der Waals surface area contributed by atoms with Crippen molar-refractivity contribution in [1.82, 2.24) is 5.43 Å². The van der Waals surface area contributed by atoms with Crippen molar-refractivity contribution in [2.24, 2.45) is 5.10 Å². The number of ether oxygens (including phenoxy) is 1. The van der Waals surface area contributed by atoms with Gasteiger partial charge in [-0.1, -0.05) is 47.5 Å². The molecule has 0 aromatic heterocycles. The number of rotatable bonds is 6. The molecule has 0 spiro atoms. The molecule has 12 heteroatoms. The van der Waals surface area contributed by atoms with Crippen LogP contribution in [0, 0.1) is 10.1 Å². The Labute approximate surface area is 208 Å². The van der Waals surface area contributed by atoms with Crippen molar-refractivity contribution in [3.05, 3.63) is 98.0 Å². The molecule has 0 unspecified atom stereocenters. The molecule has 10 nitrogen and oxygen atoms in total. The zero-order chi connectivity index (χ0) is 25.5. The van der Waals surface area contributed by atoms with E-state index in [4.69, 9.17) is 27.9 Å². The van der Waals surface area contributed by atoms with Gasteiger partial charge in [-0.3, -0.25) is 19.7 Å². The molecule has 0 bridgehead atoms. The fraction of sp³-hybridized carbons (Fsp3) is 0.0435. The maximum absolute atomic E-state index is 12.6. The Morgan fingerprint density at radius 2 is 1.60 bits per heavy atom. The molecule has 0 saturated heterocycles. The number of nitrogens with zero attached hydrogens (tertiary/aromatic N) is 2. The average molecular weight is 515 g/mol. The van der Waals surface area contributed by atoms with E-state index in [2.05, 4.69) is 15.8 Å². The third kappa shape index (κ3) is 6.40. The summed E-state index contributed by atoms with van der Waals surface area (Å²) in [6.45, 7) is 1.50. The number of esters is 1. The summed E-state index contributed by atoms with van der Waals surface area (Å²) >= 11 is 11.8. The normalized spacial score (nSPS) is 10.9. The van der Waals surface area contributed by atoms with Crippen molar-refractivity contribution >= 4 is 58.1 Å². The van der Waals surface area contributed by atoms with E-state index in [-0.39, 0.29) is 27.7 Å². The zero-order valence-corrected chi connectivity index (χ0v) is 19.5. The minimum Gasteiger partial charge on any atom is -0.422 e. The van der Waals surface area contributed by atoms with Gasteiger partial charge in [0.15, 0.2) is 0 Å². The minimum absolute atomic E-state index is 0.0429. The van der Waals surface area contributed by atoms with Crippen LogP contribution in [0.1, 0.15) is 22.8 Å². The van der Waals surface area contributed by atoms with Gasteiger partial charge in [0.2, 0.25) is 0 Å². The van der Waals surface area contributed by atoms with Crippen LogP contribution in [0.3, 0.4) is 0 Å². The highest BCUT2D eigenvalue weighted by molar-refractivity contribution is 6.42. The number of hydrazone groups is 1. The van der Waals surface area contributed by atoms with E-state index in [1.54, 1.807) is 18.2 Å². The number of nitro groups is 1. The topological polar surface area (TPSA) is 140 Å². The van der Waals surface area contributed by atoms with E-state index in [9.17, 15) is 24.5 Å². The number of halogens is 2. The summed E-state index contributed by atoms with van der Waals surface area (Å²) in [7, 11) is 0. The molecule has 0 aliphatic carbocycles. The lowest BCUT2D eigenvalue weighted by Gasteiger charge is -2.10. The highest BCUT2D eigenvalue weighted by atomic mass is 35.5. The molecule has 0 heterocycles. The molecule has 0 fully saturated rings. The highest BCUT2D eigenvalue weighted by Gasteiger charge is 2.22. The van der Waals surface area contributed by atoms with Gasteiger partial charge < -0.3 is 10.1 Å². The first-order valence-electron chi connectivity index (χ1n) is 9.83. The van der Waals surface area contributed by atoms with E-state index in [1.807, 2.05) is 0 Å². The molecule has 0 atom stereocenters. The number of benzene rings is 3. The Kier molecular flexibility index (Phi) is 8.13. The van der Waals surface area contributed by atoms with Crippen LogP contribution in [-0.2, 0) is 9.59 Å². The van der Waals surface area contributed by atoms with Crippen molar-refractivity contribution < 1.29 is 24.0 Å². The third-order valence-corrected chi connectivity index (χ3v) is 5.07. The van der Waals surface area contributed by atoms with E-state index in [0.717, 1.165) is 0 Å². The quantitative estimate of drug-likeness (QED) is 0.123. The molecule has 0 radical (unpaired) electrons. The molecule has 2 N–H and O–H groups in total. The van der Waals surface area contributed by atoms with Gasteiger partial charge in [0.05, 0.1) is 21.3 Å². The van der Waals surface area contributed by atoms with Crippen LogP contribution in [0.5, 0.6) is 5.75 Å². The number of carbonyl (C=O) groups is 3. The van der Waals surface area contributed by atoms with Crippen molar-refractivity contribution in [2.45, 2.75) is 6.92 Å². The summed E-state index contributed by atoms with van der Waals surface area (Å²) in [6, 6.07) is 15.9. The van der Waals surface area contributed by atoms with Crippen LogP contribution in [0.4, 0.5) is 11.4 Å². The fourth-order valence-corrected chi connectivity index (χ4v) is 3.17. The molecule has 0 aliphatic heterocycles. The van der Waals surface area contributed by atoms with Gasteiger partial charge >= 0.3 is 17.8 Å². The number of nitrogens with one attached hydrogen (secondary N) is 2. The van der Waals surface area contributed by atoms with Crippen LogP contribution in [0.15, 0.2) is 71.8 Å². The van der Waals surface area contributed by atoms with Crippen molar-refractivity contribution in [3.8, 4) is 5.75 Å². The van der Waals surface area contributed by atoms with E-state index >= 15 is 0 Å². The van der Waals surface area contributed by atoms with Crippen molar-refractivity contribution in [1.29, 1.82) is 0 Å². The third-order valence-electron chi connectivity index (χ3n) is 4.51. The van der Waals surface area contributed by atoms with Gasteiger partial charge in [0, 0.05) is 16.7 Å². The number of para-hydroxylation sites is 2. The van der Waals surface area contributed by atoms with Gasteiger partial charge in [0.25, 0.3) is 5.69 Å².